The average Bonchev–Trinajstić information content (AvgIpc) is 2.49. The molecule has 0 heterocycles. The van der Waals surface area contributed by atoms with Crippen molar-refractivity contribution in [1.29, 1.82) is 0 Å². The lowest BCUT2D eigenvalue weighted by molar-refractivity contribution is -0.392. The molecule has 0 bridgehead atoms. The number of halogens is 18. The van der Waals surface area contributed by atoms with Crippen molar-refractivity contribution in [1.82, 2.24) is 0 Å². The van der Waals surface area contributed by atoms with Crippen LogP contribution >= 0.6 is 0 Å². The van der Waals surface area contributed by atoms with Crippen LogP contribution in [-0.2, 0) is 0 Å². The van der Waals surface area contributed by atoms with Crippen LogP contribution in [0.25, 0.3) is 0 Å². The molecule has 18 heteroatoms. The van der Waals surface area contributed by atoms with Crippen LogP contribution in [0.5, 0.6) is 0 Å². The van der Waals surface area contributed by atoms with Crippen molar-refractivity contribution in [3.8, 4) is 0 Å². The first-order valence-electron chi connectivity index (χ1n) is 5.83. The maximum absolute atomic E-state index is 13.1. The van der Waals surface area contributed by atoms with Crippen LogP contribution in [0.15, 0.2) is 11.7 Å². The van der Waals surface area contributed by atoms with Gasteiger partial charge in [-0.3, -0.25) is 0 Å². The quantitative estimate of drug-likeness (QED) is 0.395. The van der Waals surface area contributed by atoms with E-state index in [1.54, 1.807) is 0 Å². The molecule has 0 saturated heterocycles. The molecule has 28 heavy (non-hydrogen) atoms. The summed E-state index contributed by atoms with van der Waals surface area (Å²) in [6, 6.07) is 0. The molecule has 0 fully saturated rings. The Morgan fingerprint density at radius 3 is 1.04 bits per heavy atom. The molecule has 0 spiro atoms. The van der Waals surface area contributed by atoms with Crippen molar-refractivity contribution >= 4 is 0 Å². The van der Waals surface area contributed by atoms with Gasteiger partial charge in [-0.25, -0.2) is 17.6 Å². The molecule has 0 rings (SSSR count). The van der Waals surface area contributed by atoms with Gasteiger partial charge in [0.25, 0.3) is 0 Å². The molecular weight excluding hydrogens is 462 g/mol. The first-order chi connectivity index (χ1) is 11.9. The minimum Gasteiger partial charge on any atom is -0.244 e. The van der Waals surface area contributed by atoms with Crippen LogP contribution in [0.1, 0.15) is 0 Å². The molecule has 0 aliphatic heterocycles. The van der Waals surface area contributed by atoms with E-state index in [9.17, 15) is 79.0 Å². The molecule has 0 atom stereocenters. The van der Waals surface area contributed by atoms with Gasteiger partial charge in [0.15, 0.2) is 6.67 Å². The highest BCUT2D eigenvalue weighted by Crippen LogP contribution is 2.59. The number of alkyl halides is 16. The van der Waals surface area contributed by atoms with Gasteiger partial charge in [0.05, 0.1) is 0 Å². The van der Waals surface area contributed by atoms with Crippen molar-refractivity contribution in [3.63, 3.8) is 0 Å². The lowest BCUT2D eigenvalue weighted by Gasteiger charge is -2.36. The maximum atomic E-state index is 13.1. The van der Waals surface area contributed by atoms with Gasteiger partial charge >= 0.3 is 41.7 Å². The molecule has 0 aliphatic carbocycles. The van der Waals surface area contributed by atoms with E-state index in [2.05, 4.69) is 0 Å². The third kappa shape index (κ3) is 3.46. The Balaban J connectivity index is 6.87. The molecule has 0 nitrogen and oxygen atoms in total. The molecular formula is C10H2F18. The maximum Gasteiger partial charge on any atom is 0.438 e. The fourth-order valence-electron chi connectivity index (χ4n) is 1.40. The summed E-state index contributed by atoms with van der Waals surface area (Å²) in [6.07, 6.45) is -15.8. The SMILES string of the molecule is FCC(F)(F)C(F)(F)C(F)(F)C(F)=C(F)C(F)(F)C(F)(C(F)(F)F)C(F)(F)F. The lowest BCUT2D eigenvalue weighted by Crippen LogP contribution is -2.65. The Morgan fingerprint density at radius 2 is 0.786 bits per heavy atom. The minimum atomic E-state index is -8.15. The predicted octanol–water partition coefficient (Wildman–Crippen LogP) is 6.48. The highest BCUT2D eigenvalue weighted by Gasteiger charge is 2.87. The van der Waals surface area contributed by atoms with E-state index in [0.717, 1.165) is 0 Å². The molecule has 0 aromatic carbocycles. The van der Waals surface area contributed by atoms with E-state index in [4.69, 9.17) is 0 Å². The third-order valence-corrected chi connectivity index (χ3v) is 2.98. The Bertz CT molecular complexity index is 589. The van der Waals surface area contributed by atoms with Gasteiger partial charge in [-0.2, -0.15) is 61.5 Å². The summed E-state index contributed by atoms with van der Waals surface area (Å²) in [5.41, 5.74) is -8.15. The minimum absolute atomic E-state index is 3.78. The van der Waals surface area contributed by atoms with Crippen LogP contribution in [-0.4, -0.2) is 48.4 Å². The normalized spacial score (nSPS) is 16.9. The number of hydrogen-bond acceptors (Lipinski definition) is 0. The van der Waals surface area contributed by atoms with Gasteiger partial charge in [0, 0.05) is 0 Å². The smallest absolute Gasteiger partial charge is 0.244 e. The van der Waals surface area contributed by atoms with E-state index >= 15 is 0 Å². The third-order valence-electron chi connectivity index (χ3n) is 2.98. The largest absolute Gasteiger partial charge is 0.438 e. The zero-order chi connectivity index (χ0) is 23.4. The van der Waals surface area contributed by atoms with Gasteiger partial charge in [0.1, 0.15) is 0 Å². The van der Waals surface area contributed by atoms with Gasteiger partial charge < -0.3 is 0 Å². The van der Waals surface area contributed by atoms with Crippen LogP contribution in [0, 0.1) is 0 Å². The molecule has 0 aliphatic rings. The van der Waals surface area contributed by atoms with Gasteiger partial charge in [-0.05, 0) is 0 Å². The second-order valence-corrected chi connectivity index (χ2v) is 4.84. The van der Waals surface area contributed by atoms with Gasteiger partial charge in [-0.1, -0.05) is 0 Å². The van der Waals surface area contributed by atoms with Crippen molar-refractivity contribution in [3.05, 3.63) is 11.7 Å². The monoisotopic (exact) mass is 464 g/mol. The fourth-order valence-corrected chi connectivity index (χ4v) is 1.40. The second-order valence-electron chi connectivity index (χ2n) is 4.84. The second kappa shape index (κ2) is 6.77. The van der Waals surface area contributed by atoms with E-state index < -0.39 is 60.0 Å². The summed E-state index contributed by atoms with van der Waals surface area (Å²) < 4.78 is 226. The summed E-state index contributed by atoms with van der Waals surface area (Å²) in [4.78, 5) is 0. The Kier molecular flexibility index (Phi) is 6.41. The summed E-state index contributed by atoms with van der Waals surface area (Å²) >= 11 is 0. The molecule has 168 valence electrons. The van der Waals surface area contributed by atoms with E-state index in [0.29, 0.717) is 0 Å². The molecule has 0 N–H and O–H groups in total. The number of hydrogen-bond donors (Lipinski definition) is 0. The van der Waals surface area contributed by atoms with Crippen molar-refractivity contribution in [2.45, 2.75) is 41.7 Å². The van der Waals surface area contributed by atoms with E-state index in [-0.39, 0.29) is 0 Å². The highest BCUT2D eigenvalue weighted by molar-refractivity contribution is 5.27. The zero-order valence-electron chi connectivity index (χ0n) is 12.0. The van der Waals surface area contributed by atoms with Gasteiger partial charge in [-0.15, -0.1) is 0 Å². The molecule has 0 unspecified atom stereocenters. The van der Waals surface area contributed by atoms with Crippen LogP contribution in [0.3, 0.4) is 0 Å². The van der Waals surface area contributed by atoms with Crippen LogP contribution < -0.4 is 0 Å². The highest BCUT2D eigenvalue weighted by atomic mass is 19.4. The molecule has 0 saturated carbocycles. The first-order valence-corrected chi connectivity index (χ1v) is 5.83. The number of allylic oxidation sites excluding steroid dienone is 2. The standard InChI is InChI=1S/C10H2F18/c11-1-4(14,15)8(21,22)6(18,19)3(13)2(12)5(16,17)7(20,9(23,24)25)10(26,27)28/h1H2. The zero-order valence-corrected chi connectivity index (χ0v) is 12.0. The Labute approximate surface area is 140 Å². The topological polar surface area (TPSA) is 0 Å². The van der Waals surface area contributed by atoms with Crippen LogP contribution in [0.2, 0.25) is 0 Å². The van der Waals surface area contributed by atoms with Gasteiger partial charge in [0.2, 0.25) is 11.7 Å². The van der Waals surface area contributed by atoms with Crippen molar-refractivity contribution < 1.29 is 79.0 Å². The molecule has 0 radical (unpaired) electrons. The summed E-state index contributed by atoms with van der Waals surface area (Å²) in [5, 5.41) is 0. The van der Waals surface area contributed by atoms with Crippen molar-refractivity contribution in [2.24, 2.45) is 0 Å². The average molecular weight is 464 g/mol. The first kappa shape index (κ1) is 26.5. The predicted molar refractivity (Wildman–Crippen MR) is 51.0 cm³/mol. The Morgan fingerprint density at radius 1 is 0.500 bits per heavy atom. The summed E-state index contributed by atoms with van der Waals surface area (Å²) in [5.74, 6) is -40.5. The van der Waals surface area contributed by atoms with E-state index in [1.807, 2.05) is 0 Å². The van der Waals surface area contributed by atoms with Crippen LogP contribution in [0.4, 0.5) is 79.0 Å². The molecule has 0 amide bonds. The lowest BCUT2D eigenvalue weighted by atomic mass is 9.92. The summed E-state index contributed by atoms with van der Waals surface area (Å²) in [6.45, 7) is -3.78. The fraction of sp³-hybridized carbons (Fsp3) is 0.800. The Hall–Kier alpha value is -1.52. The molecule has 0 aromatic rings. The number of rotatable bonds is 6. The summed E-state index contributed by atoms with van der Waals surface area (Å²) in [7, 11) is 0. The van der Waals surface area contributed by atoms with Crippen molar-refractivity contribution in [2.75, 3.05) is 6.67 Å². The van der Waals surface area contributed by atoms with E-state index in [1.165, 1.54) is 0 Å². The molecule has 0 aromatic heterocycles.